The van der Waals surface area contributed by atoms with Crippen molar-refractivity contribution in [1.82, 2.24) is 10.3 Å². The average molecular weight is 326 g/mol. The molecule has 0 aliphatic rings. The lowest BCUT2D eigenvalue weighted by Gasteiger charge is -2.06. The summed E-state index contributed by atoms with van der Waals surface area (Å²) in [5.41, 5.74) is 2.55. The zero-order valence-corrected chi connectivity index (χ0v) is 13.4. The van der Waals surface area contributed by atoms with Gasteiger partial charge >= 0.3 is 0 Å². The van der Waals surface area contributed by atoms with Gasteiger partial charge in [-0.15, -0.1) is 0 Å². The fourth-order valence-electron chi connectivity index (χ4n) is 2.71. The monoisotopic (exact) mass is 326 g/mol. The molecule has 0 atom stereocenters. The third-order valence-corrected chi connectivity index (χ3v) is 4.00. The number of carbonyl (C=O) groups is 1. The highest BCUT2D eigenvalue weighted by atomic mass is 19.1. The van der Waals surface area contributed by atoms with Crippen molar-refractivity contribution >= 4 is 16.8 Å². The molecule has 1 heterocycles. The lowest BCUT2D eigenvalue weighted by Crippen LogP contribution is -2.27. The van der Waals surface area contributed by atoms with E-state index < -0.39 is 0 Å². The summed E-state index contributed by atoms with van der Waals surface area (Å²) in [6, 6.07) is 12.2. The van der Waals surface area contributed by atoms with Crippen molar-refractivity contribution in [3.05, 3.63) is 65.6 Å². The first kappa shape index (κ1) is 16.1. The predicted molar refractivity (Wildman–Crippen MR) is 91.7 cm³/mol. The number of benzene rings is 2. The van der Waals surface area contributed by atoms with E-state index in [2.05, 4.69) is 10.3 Å². The maximum absolute atomic E-state index is 13.5. The Labute approximate surface area is 139 Å². The van der Waals surface area contributed by atoms with Crippen molar-refractivity contribution in [2.75, 3.05) is 13.7 Å². The Morgan fingerprint density at radius 2 is 2.04 bits per heavy atom. The molecule has 1 aromatic heterocycles. The van der Waals surface area contributed by atoms with E-state index in [1.54, 1.807) is 25.3 Å². The highest BCUT2D eigenvalue weighted by molar-refractivity contribution is 5.84. The van der Waals surface area contributed by atoms with Gasteiger partial charge in [0.25, 0.3) is 0 Å². The number of hydrogen-bond donors (Lipinski definition) is 2. The Hall–Kier alpha value is -2.82. The Morgan fingerprint density at radius 1 is 1.21 bits per heavy atom. The summed E-state index contributed by atoms with van der Waals surface area (Å²) in [6.07, 6.45) is 2.68. The number of fused-ring (bicyclic) bond motifs is 1. The molecule has 2 N–H and O–H groups in total. The lowest BCUT2D eigenvalue weighted by atomic mass is 10.1. The maximum atomic E-state index is 13.5. The van der Waals surface area contributed by atoms with Gasteiger partial charge in [-0.1, -0.05) is 18.2 Å². The molecule has 3 rings (SSSR count). The highest BCUT2D eigenvalue weighted by Gasteiger charge is 2.09. The molecule has 0 aliphatic heterocycles. The van der Waals surface area contributed by atoms with Gasteiger partial charge in [-0.3, -0.25) is 4.79 Å². The zero-order valence-electron chi connectivity index (χ0n) is 13.4. The minimum absolute atomic E-state index is 0.0500. The number of H-pyrrole nitrogens is 1. The summed E-state index contributed by atoms with van der Waals surface area (Å²) in [5, 5.41) is 3.92. The molecular weight excluding hydrogens is 307 g/mol. The second kappa shape index (κ2) is 7.17. The first-order chi connectivity index (χ1) is 11.7. The molecular formula is C19H19FN2O2. The van der Waals surface area contributed by atoms with Gasteiger partial charge in [-0.05, 0) is 41.8 Å². The molecule has 4 nitrogen and oxygen atoms in total. The number of carbonyl (C=O) groups excluding carboxylic acids is 1. The van der Waals surface area contributed by atoms with Crippen molar-refractivity contribution < 1.29 is 13.9 Å². The summed E-state index contributed by atoms with van der Waals surface area (Å²) in [7, 11) is 1.64. The Bertz CT molecular complexity index is 857. The number of amides is 1. The van der Waals surface area contributed by atoms with Gasteiger partial charge in [0.05, 0.1) is 13.5 Å². The lowest BCUT2D eigenvalue weighted by molar-refractivity contribution is -0.120. The van der Waals surface area contributed by atoms with Crippen LogP contribution in [0.15, 0.2) is 48.7 Å². The molecule has 0 radical (unpaired) electrons. The average Bonchev–Trinajstić information content (AvgIpc) is 2.99. The normalized spacial score (nSPS) is 10.8. The van der Waals surface area contributed by atoms with Crippen LogP contribution in [0.2, 0.25) is 0 Å². The van der Waals surface area contributed by atoms with Crippen LogP contribution in [0.1, 0.15) is 11.1 Å². The topological polar surface area (TPSA) is 54.1 Å². The van der Waals surface area contributed by atoms with Crippen LogP contribution < -0.4 is 10.1 Å². The number of ether oxygens (including phenoxy) is 1. The van der Waals surface area contributed by atoms with Gasteiger partial charge in [-0.2, -0.15) is 0 Å². The number of methoxy groups -OCH3 is 1. The molecule has 1 amide bonds. The van der Waals surface area contributed by atoms with E-state index in [4.69, 9.17) is 4.74 Å². The largest absolute Gasteiger partial charge is 0.497 e. The molecule has 2 aromatic carbocycles. The number of aromatic nitrogens is 1. The van der Waals surface area contributed by atoms with Gasteiger partial charge in [0.1, 0.15) is 11.6 Å². The van der Waals surface area contributed by atoms with E-state index in [1.165, 1.54) is 6.07 Å². The van der Waals surface area contributed by atoms with Crippen LogP contribution in [0.4, 0.5) is 4.39 Å². The van der Waals surface area contributed by atoms with Gasteiger partial charge in [-0.25, -0.2) is 4.39 Å². The first-order valence-corrected chi connectivity index (χ1v) is 7.81. The molecule has 0 fully saturated rings. The number of rotatable bonds is 6. The molecule has 0 unspecified atom stereocenters. The standard InChI is InChI=1S/C19H19FN2O2/c1-24-15-6-7-18-16(11-15)14(12-22-18)8-9-21-19(23)10-13-4-2-3-5-17(13)20/h2-7,11-12,22H,8-10H2,1H3,(H,21,23). The zero-order chi connectivity index (χ0) is 16.9. The molecule has 0 bridgehead atoms. The summed E-state index contributed by atoms with van der Waals surface area (Å²) in [6.45, 7) is 0.497. The summed E-state index contributed by atoms with van der Waals surface area (Å²) >= 11 is 0. The van der Waals surface area contributed by atoms with Crippen molar-refractivity contribution in [3.63, 3.8) is 0 Å². The second-order valence-corrected chi connectivity index (χ2v) is 5.59. The Morgan fingerprint density at radius 3 is 2.83 bits per heavy atom. The molecule has 0 aliphatic carbocycles. The fraction of sp³-hybridized carbons (Fsp3) is 0.211. The van der Waals surface area contributed by atoms with E-state index in [0.29, 0.717) is 18.5 Å². The minimum Gasteiger partial charge on any atom is -0.497 e. The molecule has 24 heavy (non-hydrogen) atoms. The van der Waals surface area contributed by atoms with Crippen LogP contribution in [0.3, 0.4) is 0 Å². The number of nitrogens with one attached hydrogen (secondary N) is 2. The van der Waals surface area contributed by atoms with Gasteiger partial charge in [0, 0.05) is 23.6 Å². The SMILES string of the molecule is COc1ccc2[nH]cc(CCNC(=O)Cc3ccccc3F)c2c1. The predicted octanol–water partition coefficient (Wildman–Crippen LogP) is 3.22. The van der Waals surface area contributed by atoms with Gasteiger partial charge in [0.2, 0.25) is 5.91 Å². The van der Waals surface area contributed by atoms with E-state index >= 15 is 0 Å². The molecule has 0 saturated carbocycles. The second-order valence-electron chi connectivity index (χ2n) is 5.59. The van der Waals surface area contributed by atoms with Crippen molar-refractivity contribution in [1.29, 1.82) is 0 Å². The van der Waals surface area contributed by atoms with Gasteiger partial charge < -0.3 is 15.0 Å². The van der Waals surface area contributed by atoms with E-state index in [-0.39, 0.29) is 18.1 Å². The van der Waals surface area contributed by atoms with E-state index in [0.717, 1.165) is 22.2 Å². The Kier molecular flexibility index (Phi) is 4.79. The number of aromatic amines is 1. The highest BCUT2D eigenvalue weighted by Crippen LogP contribution is 2.23. The first-order valence-electron chi connectivity index (χ1n) is 7.81. The number of hydrogen-bond acceptors (Lipinski definition) is 2. The number of halogens is 1. The van der Waals surface area contributed by atoms with E-state index in [9.17, 15) is 9.18 Å². The van der Waals surface area contributed by atoms with Crippen molar-refractivity contribution in [3.8, 4) is 5.75 Å². The molecule has 124 valence electrons. The van der Waals surface area contributed by atoms with Crippen molar-refractivity contribution in [2.45, 2.75) is 12.8 Å². The summed E-state index contributed by atoms with van der Waals surface area (Å²) in [5.74, 6) is 0.265. The van der Waals surface area contributed by atoms with Crippen LogP contribution >= 0.6 is 0 Å². The molecule has 0 spiro atoms. The third-order valence-electron chi connectivity index (χ3n) is 4.00. The molecule has 0 saturated heterocycles. The van der Waals surface area contributed by atoms with Crippen molar-refractivity contribution in [2.24, 2.45) is 0 Å². The van der Waals surface area contributed by atoms with Crippen LogP contribution in [0.5, 0.6) is 5.75 Å². The fourth-order valence-corrected chi connectivity index (χ4v) is 2.71. The smallest absolute Gasteiger partial charge is 0.224 e. The van der Waals surface area contributed by atoms with Gasteiger partial charge in [0.15, 0.2) is 0 Å². The minimum atomic E-state index is -0.351. The molecule has 5 heteroatoms. The third kappa shape index (κ3) is 3.56. The Balaban J connectivity index is 1.58. The summed E-state index contributed by atoms with van der Waals surface area (Å²) in [4.78, 5) is 15.2. The van der Waals surface area contributed by atoms with Crippen LogP contribution in [0.25, 0.3) is 10.9 Å². The van der Waals surface area contributed by atoms with Crippen LogP contribution in [-0.2, 0) is 17.6 Å². The van der Waals surface area contributed by atoms with Crippen LogP contribution in [-0.4, -0.2) is 24.5 Å². The van der Waals surface area contributed by atoms with Crippen LogP contribution in [0, 0.1) is 5.82 Å². The van der Waals surface area contributed by atoms with E-state index in [1.807, 2.05) is 24.4 Å². The molecule has 3 aromatic rings. The quantitative estimate of drug-likeness (QED) is 0.731. The maximum Gasteiger partial charge on any atom is 0.224 e. The summed E-state index contributed by atoms with van der Waals surface area (Å²) < 4.78 is 18.8.